The molecular formula is C21H20ClF7O2. The van der Waals surface area contributed by atoms with Crippen molar-refractivity contribution in [1.82, 2.24) is 0 Å². The van der Waals surface area contributed by atoms with Crippen molar-refractivity contribution in [2.24, 2.45) is 0 Å². The molecule has 1 unspecified atom stereocenters. The minimum Gasteiger partial charge on any atom is -0.496 e. The second-order valence-corrected chi connectivity index (χ2v) is 8.33. The van der Waals surface area contributed by atoms with Gasteiger partial charge in [0.05, 0.1) is 17.7 Å². The summed E-state index contributed by atoms with van der Waals surface area (Å²) < 4.78 is 99.9. The Labute approximate surface area is 179 Å². The number of ether oxygens (including phenoxy) is 1. The number of hydrogen-bond donors (Lipinski definition) is 1. The predicted molar refractivity (Wildman–Crippen MR) is 102 cm³/mol. The molecule has 0 saturated carbocycles. The largest absolute Gasteiger partial charge is 0.496 e. The predicted octanol–water partition coefficient (Wildman–Crippen LogP) is 6.71. The Morgan fingerprint density at radius 1 is 0.935 bits per heavy atom. The topological polar surface area (TPSA) is 29.5 Å². The molecule has 0 aliphatic heterocycles. The second kappa shape index (κ2) is 8.50. The van der Waals surface area contributed by atoms with Crippen LogP contribution >= 0.6 is 11.6 Å². The lowest BCUT2D eigenvalue weighted by Gasteiger charge is -2.38. The van der Waals surface area contributed by atoms with Crippen molar-refractivity contribution in [3.8, 4) is 5.75 Å². The number of hydrogen-bond acceptors (Lipinski definition) is 2. The van der Waals surface area contributed by atoms with Crippen molar-refractivity contribution >= 4 is 11.6 Å². The highest BCUT2D eigenvalue weighted by Gasteiger charge is 2.56. The number of aliphatic hydroxyl groups is 1. The van der Waals surface area contributed by atoms with Crippen molar-refractivity contribution in [1.29, 1.82) is 0 Å². The molecule has 31 heavy (non-hydrogen) atoms. The van der Waals surface area contributed by atoms with Crippen molar-refractivity contribution in [2.45, 2.75) is 50.1 Å². The highest BCUT2D eigenvalue weighted by atomic mass is 35.5. The van der Waals surface area contributed by atoms with E-state index in [4.69, 9.17) is 16.3 Å². The van der Waals surface area contributed by atoms with Crippen molar-refractivity contribution in [3.05, 3.63) is 63.9 Å². The zero-order chi connectivity index (χ0) is 23.8. The van der Waals surface area contributed by atoms with Crippen LogP contribution in [0.3, 0.4) is 0 Å². The van der Waals surface area contributed by atoms with Crippen molar-refractivity contribution in [2.75, 3.05) is 7.11 Å². The fourth-order valence-electron chi connectivity index (χ4n) is 3.54. The number of rotatable bonds is 6. The molecule has 2 nitrogen and oxygen atoms in total. The Balaban J connectivity index is 2.50. The maximum Gasteiger partial charge on any atom is 0.417 e. The van der Waals surface area contributed by atoms with Gasteiger partial charge >= 0.3 is 12.4 Å². The molecule has 0 radical (unpaired) electrons. The Morgan fingerprint density at radius 3 is 2.06 bits per heavy atom. The molecule has 0 amide bonds. The first-order valence-electron chi connectivity index (χ1n) is 8.99. The van der Waals surface area contributed by atoms with Gasteiger partial charge in [-0.25, -0.2) is 4.39 Å². The summed E-state index contributed by atoms with van der Waals surface area (Å²) in [6, 6.07) is 5.62. The van der Waals surface area contributed by atoms with Gasteiger partial charge in [-0.05, 0) is 47.7 Å². The van der Waals surface area contributed by atoms with Gasteiger partial charge in [0.1, 0.15) is 11.6 Å². The normalized spacial score (nSPS) is 15.0. The molecule has 0 spiro atoms. The maximum atomic E-state index is 13.9. The van der Waals surface area contributed by atoms with Gasteiger partial charge in [0.25, 0.3) is 0 Å². The van der Waals surface area contributed by atoms with Crippen LogP contribution < -0.4 is 4.74 Å². The first-order valence-corrected chi connectivity index (χ1v) is 9.37. The van der Waals surface area contributed by atoms with Gasteiger partial charge in [-0.3, -0.25) is 0 Å². The van der Waals surface area contributed by atoms with Gasteiger partial charge in [0, 0.05) is 12.0 Å². The number of halogens is 8. The Hall–Kier alpha value is -2.00. The lowest BCUT2D eigenvalue weighted by atomic mass is 9.72. The minimum atomic E-state index is -5.19. The van der Waals surface area contributed by atoms with Crippen LogP contribution in [0.4, 0.5) is 30.7 Å². The summed E-state index contributed by atoms with van der Waals surface area (Å²) in [5.41, 5.74) is -6.51. The Morgan fingerprint density at radius 2 is 1.55 bits per heavy atom. The van der Waals surface area contributed by atoms with Crippen LogP contribution in [0.2, 0.25) is 5.02 Å². The summed E-state index contributed by atoms with van der Waals surface area (Å²) in [7, 11) is 1.26. The third-order valence-corrected chi connectivity index (χ3v) is 5.32. The van der Waals surface area contributed by atoms with Crippen molar-refractivity contribution < 1.29 is 40.6 Å². The molecular weight excluding hydrogens is 453 g/mol. The molecule has 2 rings (SSSR count). The standard InChI is InChI=1S/C21H20ClF7O2/c1-18(2,15-9-13(23)5-7-17(15)31-3)11-19(30,21(27,28)29)10-12-4-6-16(22)14(8-12)20(24,25)26/h4-9,30H,10-11H2,1-3H3. The average Bonchev–Trinajstić information content (AvgIpc) is 2.61. The first kappa shape index (κ1) is 25.3. The smallest absolute Gasteiger partial charge is 0.417 e. The monoisotopic (exact) mass is 472 g/mol. The van der Waals surface area contributed by atoms with E-state index in [1.165, 1.54) is 27.0 Å². The molecule has 0 aliphatic carbocycles. The van der Waals surface area contributed by atoms with Crippen LogP contribution in [0.1, 0.15) is 37.0 Å². The molecule has 0 heterocycles. The van der Waals surface area contributed by atoms with Crippen molar-refractivity contribution in [3.63, 3.8) is 0 Å². The molecule has 2 aromatic carbocycles. The van der Waals surface area contributed by atoms with Crippen LogP contribution in [-0.4, -0.2) is 24.0 Å². The molecule has 0 aliphatic rings. The molecule has 0 bridgehead atoms. The molecule has 1 atom stereocenters. The van der Waals surface area contributed by atoms with E-state index in [0.29, 0.717) is 6.07 Å². The quantitative estimate of drug-likeness (QED) is 0.473. The number of methoxy groups -OCH3 is 1. The molecule has 10 heteroatoms. The fraction of sp³-hybridized carbons (Fsp3) is 0.429. The highest BCUT2D eigenvalue weighted by Crippen LogP contribution is 2.45. The SMILES string of the molecule is COc1ccc(F)cc1C(C)(C)CC(O)(Cc1ccc(Cl)c(C(F)(F)F)c1)C(F)(F)F. The lowest BCUT2D eigenvalue weighted by Crippen LogP contribution is -2.50. The fourth-order valence-corrected chi connectivity index (χ4v) is 3.76. The molecule has 1 N–H and O–H groups in total. The minimum absolute atomic E-state index is 0.0739. The van der Waals surface area contributed by atoms with E-state index < -0.39 is 58.2 Å². The summed E-state index contributed by atoms with van der Waals surface area (Å²) in [5, 5.41) is 9.95. The Kier molecular flexibility index (Phi) is 6.93. The zero-order valence-electron chi connectivity index (χ0n) is 16.8. The average molecular weight is 473 g/mol. The van der Waals surface area contributed by atoms with Gasteiger partial charge in [-0.15, -0.1) is 0 Å². The van der Waals surface area contributed by atoms with Crippen LogP contribution in [-0.2, 0) is 18.0 Å². The van der Waals surface area contributed by atoms with Gasteiger partial charge in [-0.2, -0.15) is 26.3 Å². The third-order valence-electron chi connectivity index (χ3n) is 4.99. The molecule has 0 fully saturated rings. The van der Waals surface area contributed by atoms with Crippen LogP contribution in [0.25, 0.3) is 0 Å². The number of alkyl halides is 6. The third kappa shape index (κ3) is 5.63. The number of benzene rings is 2. The molecule has 0 aromatic heterocycles. The maximum absolute atomic E-state index is 13.9. The van der Waals surface area contributed by atoms with Gasteiger partial charge in [0.15, 0.2) is 5.60 Å². The molecule has 0 saturated heterocycles. The van der Waals surface area contributed by atoms with E-state index in [0.717, 1.165) is 24.3 Å². The Bertz CT molecular complexity index is 938. The zero-order valence-corrected chi connectivity index (χ0v) is 17.5. The summed E-state index contributed by atoms with van der Waals surface area (Å²) in [5.74, 6) is -0.603. The van der Waals surface area contributed by atoms with E-state index in [-0.39, 0.29) is 11.3 Å². The first-order chi connectivity index (χ1) is 14.0. The summed E-state index contributed by atoms with van der Waals surface area (Å²) in [6.45, 7) is 2.70. The lowest BCUT2D eigenvalue weighted by molar-refractivity contribution is -0.266. The van der Waals surface area contributed by atoms with Gasteiger partial charge in [0.2, 0.25) is 0 Å². The molecule has 172 valence electrons. The van der Waals surface area contributed by atoms with Crippen LogP contribution in [0, 0.1) is 5.82 Å². The van der Waals surface area contributed by atoms with E-state index in [1.54, 1.807) is 0 Å². The molecule has 2 aromatic rings. The summed E-state index contributed by atoms with van der Waals surface area (Å²) >= 11 is 5.52. The van der Waals surface area contributed by atoms with E-state index >= 15 is 0 Å². The van der Waals surface area contributed by atoms with Crippen LogP contribution in [0.5, 0.6) is 5.75 Å². The highest BCUT2D eigenvalue weighted by molar-refractivity contribution is 6.31. The second-order valence-electron chi connectivity index (χ2n) is 7.92. The van der Waals surface area contributed by atoms with E-state index in [1.807, 2.05) is 0 Å². The van der Waals surface area contributed by atoms with E-state index in [9.17, 15) is 35.8 Å². The summed E-state index contributed by atoms with van der Waals surface area (Å²) in [4.78, 5) is 0. The van der Waals surface area contributed by atoms with Crippen LogP contribution in [0.15, 0.2) is 36.4 Å². The van der Waals surface area contributed by atoms with Gasteiger partial charge < -0.3 is 9.84 Å². The van der Waals surface area contributed by atoms with Gasteiger partial charge in [-0.1, -0.05) is 31.5 Å². The summed E-state index contributed by atoms with van der Waals surface area (Å²) in [6.07, 6.45) is -12.2. The van der Waals surface area contributed by atoms with E-state index in [2.05, 4.69) is 0 Å².